The van der Waals surface area contributed by atoms with E-state index in [2.05, 4.69) is 0 Å². The van der Waals surface area contributed by atoms with Crippen molar-refractivity contribution in [1.29, 1.82) is 0 Å². The molecule has 4 atom stereocenters. The van der Waals surface area contributed by atoms with Crippen LogP contribution in [0.25, 0.3) is 0 Å². The summed E-state index contributed by atoms with van der Waals surface area (Å²) in [7, 11) is 1.78. The van der Waals surface area contributed by atoms with E-state index in [1.54, 1.807) is 14.8 Å². The highest BCUT2D eigenvalue weighted by Crippen LogP contribution is 2.54. The van der Waals surface area contributed by atoms with E-state index < -0.39 is 11.2 Å². The van der Waals surface area contributed by atoms with Crippen LogP contribution in [0.2, 0.25) is 0 Å². The summed E-state index contributed by atoms with van der Waals surface area (Å²) in [5.41, 5.74) is -1.98. The molecular formula is C6H11BO3. The minimum Gasteiger partial charge on any atom is -0.385 e. The van der Waals surface area contributed by atoms with Gasteiger partial charge < -0.3 is 14.9 Å². The Hall–Kier alpha value is -0.0551. The summed E-state index contributed by atoms with van der Waals surface area (Å²) in [6.07, 6.45) is 0.474. The van der Waals surface area contributed by atoms with Crippen LogP contribution in [0.15, 0.2) is 0 Å². The lowest BCUT2D eigenvalue weighted by Gasteiger charge is -2.28. The first-order valence-electron chi connectivity index (χ1n) is 3.59. The standard InChI is InChI=1S/C6H11BO3/c1-5(8)4(7)10-3-2-6(3,5)9/h3-4,8-9H,2,7H2,1H3/t3-,4-,5-,6-/m1/s1. The van der Waals surface area contributed by atoms with Gasteiger partial charge in [-0.05, 0) is 6.92 Å². The molecule has 10 heavy (non-hydrogen) atoms. The second-order valence-electron chi connectivity index (χ2n) is 3.54. The van der Waals surface area contributed by atoms with Crippen LogP contribution in [0.4, 0.5) is 0 Å². The fraction of sp³-hybridized carbons (Fsp3) is 1.00. The summed E-state index contributed by atoms with van der Waals surface area (Å²) in [6.45, 7) is 1.63. The van der Waals surface area contributed by atoms with Crippen molar-refractivity contribution in [3.63, 3.8) is 0 Å². The predicted molar refractivity (Wildman–Crippen MR) is 37.4 cm³/mol. The molecule has 0 aromatic heterocycles. The lowest BCUT2D eigenvalue weighted by molar-refractivity contribution is -0.0799. The fourth-order valence-corrected chi connectivity index (χ4v) is 1.65. The molecule has 1 saturated heterocycles. The number of hydrogen-bond donors (Lipinski definition) is 2. The minimum atomic E-state index is -1.04. The quantitative estimate of drug-likeness (QED) is 0.393. The molecule has 2 fully saturated rings. The van der Waals surface area contributed by atoms with Crippen molar-refractivity contribution in [2.75, 3.05) is 0 Å². The van der Waals surface area contributed by atoms with Crippen LogP contribution < -0.4 is 0 Å². The summed E-state index contributed by atoms with van der Waals surface area (Å²) in [6, 6.07) is -0.240. The third-order valence-corrected chi connectivity index (χ3v) is 2.91. The third-order valence-electron chi connectivity index (χ3n) is 2.91. The highest BCUT2D eigenvalue weighted by molar-refractivity contribution is 6.12. The van der Waals surface area contributed by atoms with Gasteiger partial charge in [0.1, 0.15) is 19.0 Å². The second kappa shape index (κ2) is 1.42. The van der Waals surface area contributed by atoms with Crippen molar-refractivity contribution in [1.82, 2.24) is 0 Å². The normalized spacial score (nSPS) is 65.9. The number of hydrogen-bond acceptors (Lipinski definition) is 3. The Kier molecular flexibility index (Phi) is 0.943. The molecule has 56 valence electrons. The van der Waals surface area contributed by atoms with Gasteiger partial charge in [-0.1, -0.05) is 0 Å². The molecule has 2 rings (SSSR count). The van der Waals surface area contributed by atoms with Gasteiger partial charge in [0.2, 0.25) is 0 Å². The van der Waals surface area contributed by atoms with Gasteiger partial charge in [0.25, 0.3) is 0 Å². The van der Waals surface area contributed by atoms with Crippen molar-refractivity contribution >= 4 is 7.85 Å². The first-order valence-corrected chi connectivity index (χ1v) is 3.59. The summed E-state index contributed by atoms with van der Waals surface area (Å²) >= 11 is 0. The van der Waals surface area contributed by atoms with Gasteiger partial charge in [0, 0.05) is 6.42 Å². The van der Waals surface area contributed by atoms with Crippen molar-refractivity contribution in [3.8, 4) is 0 Å². The molecule has 3 nitrogen and oxygen atoms in total. The average molecular weight is 142 g/mol. The van der Waals surface area contributed by atoms with Crippen LogP contribution in [0.3, 0.4) is 0 Å². The SMILES string of the molecule is B[C@@H]1O[C@@H]2C[C@]2(O)[C@]1(C)O. The maximum atomic E-state index is 9.66. The van der Waals surface area contributed by atoms with E-state index in [-0.39, 0.29) is 12.1 Å². The van der Waals surface area contributed by atoms with Crippen LogP contribution in [-0.2, 0) is 4.74 Å². The van der Waals surface area contributed by atoms with Gasteiger partial charge in [-0.3, -0.25) is 0 Å². The maximum absolute atomic E-state index is 9.66. The molecule has 0 amide bonds. The number of rotatable bonds is 0. The number of fused-ring (bicyclic) bond motifs is 1. The Labute approximate surface area is 60.4 Å². The van der Waals surface area contributed by atoms with Crippen LogP contribution in [0, 0.1) is 0 Å². The Bertz CT molecular complexity index is 182. The fourth-order valence-electron chi connectivity index (χ4n) is 1.65. The molecule has 0 aromatic rings. The van der Waals surface area contributed by atoms with Gasteiger partial charge in [-0.25, -0.2) is 0 Å². The number of ether oxygens (including phenoxy) is 1. The Morgan fingerprint density at radius 1 is 1.60 bits per heavy atom. The first-order chi connectivity index (χ1) is 4.48. The molecular weight excluding hydrogens is 131 g/mol. The Balaban J connectivity index is 2.30. The van der Waals surface area contributed by atoms with Gasteiger partial charge in [0.15, 0.2) is 0 Å². The van der Waals surface area contributed by atoms with Crippen LogP contribution in [-0.4, -0.2) is 41.4 Å². The van der Waals surface area contributed by atoms with Gasteiger partial charge in [-0.2, -0.15) is 0 Å². The van der Waals surface area contributed by atoms with E-state index in [0.717, 1.165) is 0 Å². The first kappa shape index (κ1) is 6.64. The summed E-state index contributed by atoms with van der Waals surface area (Å²) in [4.78, 5) is 0. The highest BCUT2D eigenvalue weighted by atomic mass is 16.6. The molecule has 1 aliphatic heterocycles. The predicted octanol–water partition coefficient (Wildman–Crippen LogP) is -1.77. The summed E-state index contributed by atoms with van der Waals surface area (Å²) in [5, 5.41) is 19.2. The van der Waals surface area contributed by atoms with Crippen molar-refractivity contribution in [2.45, 2.75) is 36.7 Å². The summed E-state index contributed by atoms with van der Waals surface area (Å²) < 4.78 is 5.25. The topological polar surface area (TPSA) is 49.7 Å². The van der Waals surface area contributed by atoms with Gasteiger partial charge >= 0.3 is 0 Å². The summed E-state index contributed by atoms with van der Waals surface area (Å²) in [5.74, 6) is 0. The van der Waals surface area contributed by atoms with E-state index in [9.17, 15) is 10.2 Å². The van der Waals surface area contributed by atoms with E-state index in [1.807, 2.05) is 0 Å². The van der Waals surface area contributed by atoms with Crippen LogP contribution in [0.5, 0.6) is 0 Å². The molecule has 1 aliphatic carbocycles. The smallest absolute Gasteiger partial charge is 0.143 e. The van der Waals surface area contributed by atoms with E-state index >= 15 is 0 Å². The Morgan fingerprint density at radius 2 is 2.20 bits per heavy atom. The molecule has 0 radical (unpaired) electrons. The maximum Gasteiger partial charge on any atom is 0.143 e. The zero-order valence-corrected chi connectivity index (χ0v) is 6.16. The lowest BCUT2D eigenvalue weighted by Crippen LogP contribution is -2.48. The van der Waals surface area contributed by atoms with Crippen molar-refractivity contribution in [2.24, 2.45) is 0 Å². The van der Waals surface area contributed by atoms with Gasteiger partial charge in [-0.15, -0.1) is 0 Å². The zero-order chi connectivity index (χ0) is 7.57. The molecule has 0 spiro atoms. The lowest BCUT2D eigenvalue weighted by atomic mass is 9.80. The van der Waals surface area contributed by atoms with Gasteiger partial charge in [0.05, 0.1) is 12.1 Å². The largest absolute Gasteiger partial charge is 0.385 e. The molecule has 1 saturated carbocycles. The molecule has 0 aromatic carbocycles. The van der Waals surface area contributed by atoms with E-state index in [0.29, 0.717) is 6.42 Å². The van der Waals surface area contributed by atoms with Crippen LogP contribution in [0.1, 0.15) is 13.3 Å². The average Bonchev–Trinajstić information content (AvgIpc) is 2.39. The third kappa shape index (κ3) is 0.491. The molecule has 2 N–H and O–H groups in total. The molecule has 0 bridgehead atoms. The van der Waals surface area contributed by atoms with Crippen molar-refractivity contribution in [3.05, 3.63) is 0 Å². The second-order valence-corrected chi connectivity index (χ2v) is 3.54. The zero-order valence-electron chi connectivity index (χ0n) is 6.16. The van der Waals surface area contributed by atoms with E-state index in [4.69, 9.17) is 4.74 Å². The molecule has 0 unspecified atom stereocenters. The molecule has 1 heterocycles. The Morgan fingerprint density at radius 3 is 2.40 bits per heavy atom. The van der Waals surface area contributed by atoms with E-state index in [1.165, 1.54) is 0 Å². The van der Waals surface area contributed by atoms with Crippen molar-refractivity contribution < 1.29 is 14.9 Å². The molecule has 4 heteroatoms. The molecule has 2 aliphatic rings. The van der Waals surface area contributed by atoms with Crippen LogP contribution >= 0.6 is 0 Å². The number of aliphatic hydroxyl groups is 2. The minimum absolute atomic E-state index is 0.113. The monoisotopic (exact) mass is 142 g/mol. The highest BCUT2D eigenvalue weighted by Gasteiger charge is 2.72.